The van der Waals surface area contributed by atoms with Gasteiger partial charge in [-0.2, -0.15) is 0 Å². The Labute approximate surface area is 93.5 Å². The Balaban J connectivity index is 2.72. The van der Waals surface area contributed by atoms with Gasteiger partial charge in [0.05, 0.1) is 16.0 Å². The lowest BCUT2D eigenvalue weighted by Gasteiger charge is -2.20. The Bertz CT molecular complexity index is 275. The van der Waals surface area contributed by atoms with Gasteiger partial charge in [0.25, 0.3) is 0 Å². The Hall–Kier alpha value is -0.0900. The lowest BCUT2D eigenvalue weighted by molar-refractivity contribution is -0.0161. The van der Waals surface area contributed by atoms with Crippen LogP contribution in [0.3, 0.4) is 0 Å². The summed E-state index contributed by atoms with van der Waals surface area (Å²) in [6.45, 7) is 2.06. The quantitative estimate of drug-likeness (QED) is 0.848. The maximum absolute atomic E-state index is 9.98. The average Bonchev–Trinajstić information content (AvgIpc) is 2.59. The molecule has 2 nitrogen and oxygen atoms in total. The minimum absolute atomic E-state index is 0.156. The summed E-state index contributed by atoms with van der Waals surface area (Å²) in [5, 5.41) is 12.5. The van der Waals surface area contributed by atoms with Crippen molar-refractivity contribution in [1.82, 2.24) is 0 Å². The molecule has 1 heterocycles. The second-order valence-corrected chi connectivity index (χ2v) is 4.50. The highest BCUT2D eigenvalue weighted by molar-refractivity contribution is 7.10. The largest absolute Gasteiger partial charge is 0.385 e. The fourth-order valence-electron chi connectivity index (χ4n) is 1.37. The van der Waals surface area contributed by atoms with E-state index in [9.17, 15) is 5.11 Å². The topological polar surface area (TPSA) is 29.5 Å². The molecule has 14 heavy (non-hydrogen) atoms. The SMILES string of the molecule is CCCC(OC)C(O)c1sccc1Cl. The normalized spacial score (nSPS) is 15.4. The molecular weight excluding hydrogens is 220 g/mol. The molecule has 4 heteroatoms. The number of halogens is 1. The smallest absolute Gasteiger partial charge is 0.116 e. The predicted molar refractivity (Wildman–Crippen MR) is 60.0 cm³/mol. The molecule has 0 aliphatic carbocycles. The summed E-state index contributed by atoms with van der Waals surface area (Å²) in [4.78, 5) is 0.798. The molecule has 1 aromatic heterocycles. The van der Waals surface area contributed by atoms with Crippen LogP contribution in [-0.2, 0) is 4.74 Å². The van der Waals surface area contributed by atoms with Crippen molar-refractivity contribution >= 4 is 22.9 Å². The first-order chi connectivity index (χ1) is 6.70. The number of methoxy groups -OCH3 is 1. The zero-order chi connectivity index (χ0) is 10.6. The highest BCUT2D eigenvalue weighted by Gasteiger charge is 2.22. The molecule has 1 N–H and O–H groups in total. The third-order valence-electron chi connectivity index (χ3n) is 2.14. The van der Waals surface area contributed by atoms with Crippen LogP contribution < -0.4 is 0 Å². The summed E-state index contributed by atoms with van der Waals surface area (Å²) in [6, 6.07) is 1.80. The third-order valence-corrected chi connectivity index (χ3v) is 3.57. The van der Waals surface area contributed by atoms with Crippen LogP contribution in [0.15, 0.2) is 11.4 Å². The van der Waals surface area contributed by atoms with E-state index in [-0.39, 0.29) is 6.10 Å². The van der Waals surface area contributed by atoms with E-state index in [4.69, 9.17) is 16.3 Å². The molecule has 0 fully saturated rings. The second kappa shape index (κ2) is 5.71. The van der Waals surface area contributed by atoms with E-state index in [0.717, 1.165) is 17.7 Å². The Morgan fingerprint density at radius 2 is 2.36 bits per heavy atom. The monoisotopic (exact) mass is 234 g/mol. The van der Waals surface area contributed by atoms with Crippen LogP contribution in [0.25, 0.3) is 0 Å². The van der Waals surface area contributed by atoms with E-state index in [1.54, 1.807) is 13.2 Å². The standard InChI is InChI=1S/C10H15ClO2S/c1-3-4-8(13-2)9(12)10-7(11)5-6-14-10/h5-6,8-9,12H,3-4H2,1-2H3. The molecule has 0 aromatic carbocycles. The number of hydrogen-bond acceptors (Lipinski definition) is 3. The van der Waals surface area contributed by atoms with Gasteiger partial charge in [-0.3, -0.25) is 0 Å². The summed E-state index contributed by atoms with van der Waals surface area (Å²) < 4.78 is 5.23. The zero-order valence-corrected chi connectivity index (χ0v) is 9.94. The first-order valence-corrected chi connectivity index (χ1v) is 5.90. The number of rotatable bonds is 5. The number of hydrogen-bond donors (Lipinski definition) is 1. The van der Waals surface area contributed by atoms with Gasteiger partial charge in [0, 0.05) is 7.11 Å². The maximum Gasteiger partial charge on any atom is 0.116 e. The lowest BCUT2D eigenvalue weighted by atomic mass is 10.1. The summed E-state index contributed by atoms with van der Waals surface area (Å²) in [5.41, 5.74) is 0. The van der Waals surface area contributed by atoms with Gasteiger partial charge in [-0.15, -0.1) is 11.3 Å². The highest BCUT2D eigenvalue weighted by atomic mass is 35.5. The molecular formula is C10H15ClO2S. The van der Waals surface area contributed by atoms with Crippen LogP contribution in [0.1, 0.15) is 30.7 Å². The van der Waals surface area contributed by atoms with Crippen molar-refractivity contribution in [2.45, 2.75) is 32.0 Å². The highest BCUT2D eigenvalue weighted by Crippen LogP contribution is 2.32. The molecule has 80 valence electrons. The second-order valence-electron chi connectivity index (χ2n) is 3.14. The van der Waals surface area contributed by atoms with E-state index < -0.39 is 6.10 Å². The molecule has 0 saturated heterocycles. The zero-order valence-electron chi connectivity index (χ0n) is 8.37. The van der Waals surface area contributed by atoms with Gasteiger partial charge < -0.3 is 9.84 Å². The van der Waals surface area contributed by atoms with Gasteiger partial charge in [-0.25, -0.2) is 0 Å². The minimum Gasteiger partial charge on any atom is -0.385 e. The molecule has 0 radical (unpaired) electrons. The lowest BCUT2D eigenvalue weighted by Crippen LogP contribution is -2.20. The Morgan fingerprint density at radius 3 is 2.79 bits per heavy atom. The minimum atomic E-state index is -0.604. The van der Waals surface area contributed by atoms with Gasteiger partial charge in [-0.1, -0.05) is 24.9 Å². The molecule has 0 saturated carbocycles. The fourth-order valence-corrected chi connectivity index (χ4v) is 2.58. The fraction of sp³-hybridized carbons (Fsp3) is 0.600. The number of thiophene rings is 1. The van der Waals surface area contributed by atoms with Crippen molar-refractivity contribution < 1.29 is 9.84 Å². The van der Waals surface area contributed by atoms with Crippen molar-refractivity contribution in [1.29, 1.82) is 0 Å². The molecule has 2 unspecified atom stereocenters. The third kappa shape index (κ3) is 2.70. The van der Waals surface area contributed by atoms with Gasteiger partial charge in [0.2, 0.25) is 0 Å². The molecule has 1 aromatic rings. The Morgan fingerprint density at radius 1 is 1.64 bits per heavy atom. The molecule has 2 atom stereocenters. The molecule has 0 spiro atoms. The van der Waals surface area contributed by atoms with Crippen molar-refractivity contribution in [3.05, 3.63) is 21.3 Å². The van der Waals surface area contributed by atoms with Crippen LogP contribution in [0.2, 0.25) is 5.02 Å². The van der Waals surface area contributed by atoms with Gasteiger partial charge in [0.1, 0.15) is 6.10 Å². The predicted octanol–water partition coefficient (Wildman–Crippen LogP) is 3.25. The summed E-state index contributed by atoms with van der Waals surface area (Å²) in [5.74, 6) is 0. The van der Waals surface area contributed by atoms with Crippen LogP contribution in [0, 0.1) is 0 Å². The molecule has 0 bridgehead atoms. The van der Waals surface area contributed by atoms with E-state index in [1.165, 1.54) is 11.3 Å². The van der Waals surface area contributed by atoms with Crippen LogP contribution >= 0.6 is 22.9 Å². The summed E-state index contributed by atoms with van der Waals surface area (Å²) in [6.07, 6.45) is 1.06. The molecule has 1 rings (SSSR count). The van der Waals surface area contributed by atoms with Crippen molar-refractivity contribution in [2.75, 3.05) is 7.11 Å². The average molecular weight is 235 g/mol. The first kappa shape index (κ1) is 12.0. The van der Waals surface area contributed by atoms with Gasteiger partial charge in [-0.05, 0) is 17.9 Å². The summed E-state index contributed by atoms with van der Waals surface area (Å²) >= 11 is 7.40. The maximum atomic E-state index is 9.98. The van der Waals surface area contributed by atoms with E-state index >= 15 is 0 Å². The van der Waals surface area contributed by atoms with E-state index in [2.05, 4.69) is 6.92 Å². The van der Waals surface area contributed by atoms with Crippen LogP contribution in [-0.4, -0.2) is 18.3 Å². The molecule has 0 aliphatic heterocycles. The van der Waals surface area contributed by atoms with Crippen LogP contribution in [0.4, 0.5) is 0 Å². The summed E-state index contributed by atoms with van der Waals surface area (Å²) in [7, 11) is 1.62. The van der Waals surface area contributed by atoms with E-state index in [1.807, 2.05) is 5.38 Å². The van der Waals surface area contributed by atoms with Crippen molar-refractivity contribution in [2.24, 2.45) is 0 Å². The van der Waals surface area contributed by atoms with Gasteiger partial charge >= 0.3 is 0 Å². The van der Waals surface area contributed by atoms with Gasteiger partial charge in [0.15, 0.2) is 0 Å². The van der Waals surface area contributed by atoms with Crippen LogP contribution in [0.5, 0.6) is 0 Å². The number of aliphatic hydroxyl groups excluding tert-OH is 1. The molecule has 0 amide bonds. The first-order valence-electron chi connectivity index (χ1n) is 4.64. The number of aliphatic hydroxyl groups is 1. The Kier molecular flexibility index (Phi) is 4.89. The van der Waals surface area contributed by atoms with Crippen molar-refractivity contribution in [3.8, 4) is 0 Å². The number of ether oxygens (including phenoxy) is 1. The van der Waals surface area contributed by atoms with Crippen molar-refractivity contribution in [3.63, 3.8) is 0 Å². The van der Waals surface area contributed by atoms with E-state index in [0.29, 0.717) is 5.02 Å². The molecule has 0 aliphatic rings.